The van der Waals surface area contributed by atoms with Crippen LogP contribution >= 0.6 is 0 Å². The van der Waals surface area contributed by atoms with E-state index < -0.39 is 5.97 Å². The molecule has 0 atom stereocenters. The normalized spacial score (nSPS) is 15.4. The number of anilines is 1. The number of piperazine rings is 1. The molecule has 17 heavy (non-hydrogen) atoms. The van der Waals surface area contributed by atoms with E-state index in [-0.39, 0.29) is 18.1 Å². The Morgan fingerprint density at radius 2 is 2.29 bits per heavy atom. The lowest BCUT2D eigenvalue weighted by Crippen LogP contribution is -2.48. The molecule has 1 aromatic rings. The van der Waals surface area contributed by atoms with Crippen molar-refractivity contribution in [1.29, 1.82) is 0 Å². The molecule has 7 nitrogen and oxygen atoms in total. The van der Waals surface area contributed by atoms with Gasteiger partial charge in [0.15, 0.2) is 11.5 Å². The molecule has 0 radical (unpaired) electrons. The Labute approximate surface area is 97.8 Å². The lowest BCUT2D eigenvalue weighted by atomic mass is 10.3. The summed E-state index contributed by atoms with van der Waals surface area (Å²) in [7, 11) is 1.28. The first-order chi connectivity index (χ1) is 8.20. The van der Waals surface area contributed by atoms with Gasteiger partial charge in [0.2, 0.25) is 5.91 Å². The van der Waals surface area contributed by atoms with Crippen LogP contribution in [0.15, 0.2) is 12.1 Å². The van der Waals surface area contributed by atoms with E-state index in [1.54, 1.807) is 11.0 Å². The van der Waals surface area contributed by atoms with Gasteiger partial charge in [0.1, 0.15) is 0 Å². The van der Waals surface area contributed by atoms with Crippen LogP contribution in [0.3, 0.4) is 0 Å². The second kappa shape index (κ2) is 4.77. The predicted molar refractivity (Wildman–Crippen MR) is 58.6 cm³/mol. The van der Waals surface area contributed by atoms with Gasteiger partial charge in [-0.15, -0.1) is 10.2 Å². The Kier molecular flexibility index (Phi) is 3.17. The second-order valence-electron chi connectivity index (χ2n) is 3.54. The van der Waals surface area contributed by atoms with Gasteiger partial charge in [0.05, 0.1) is 13.7 Å². The van der Waals surface area contributed by atoms with E-state index in [1.807, 2.05) is 0 Å². The molecule has 0 spiro atoms. The number of ether oxygens (including phenoxy) is 1. The van der Waals surface area contributed by atoms with Crippen LogP contribution in [0, 0.1) is 0 Å². The average molecular weight is 236 g/mol. The van der Waals surface area contributed by atoms with Crippen molar-refractivity contribution in [2.75, 3.05) is 31.6 Å². The van der Waals surface area contributed by atoms with Crippen molar-refractivity contribution in [2.45, 2.75) is 0 Å². The zero-order valence-corrected chi connectivity index (χ0v) is 9.34. The molecule has 1 N–H and O–H groups in total. The van der Waals surface area contributed by atoms with Crippen LogP contribution in [0.2, 0.25) is 0 Å². The molecule has 1 amide bonds. The van der Waals surface area contributed by atoms with Gasteiger partial charge in [-0.3, -0.25) is 4.79 Å². The van der Waals surface area contributed by atoms with E-state index in [4.69, 9.17) is 0 Å². The van der Waals surface area contributed by atoms with Crippen molar-refractivity contribution < 1.29 is 14.3 Å². The quantitative estimate of drug-likeness (QED) is 0.677. The SMILES string of the molecule is COC(=O)c1ccc(N2CCNC(=O)C2)nn1. The third kappa shape index (κ3) is 2.49. The highest BCUT2D eigenvalue weighted by Crippen LogP contribution is 2.10. The summed E-state index contributed by atoms with van der Waals surface area (Å²) in [6.07, 6.45) is 0. The van der Waals surface area contributed by atoms with Crippen molar-refractivity contribution in [3.8, 4) is 0 Å². The zero-order valence-electron chi connectivity index (χ0n) is 9.34. The van der Waals surface area contributed by atoms with Crippen LogP contribution in [-0.2, 0) is 9.53 Å². The molecule has 1 aromatic heterocycles. The number of nitrogens with zero attached hydrogens (tertiary/aromatic N) is 3. The summed E-state index contributed by atoms with van der Waals surface area (Å²) in [5, 5.41) is 10.4. The first kappa shape index (κ1) is 11.3. The molecular formula is C10H12N4O3. The van der Waals surface area contributed by atoms with Gasteiger partial charge >= 0.3 is 5.97 Å². The van der Waals surface area contributed by atoms with E-state index in [9.17, 15) is 9.59 Å². The number of rotatable bonds is 2. The smallest absolute Gasteiger partial charge is 0.358 e. The number of hydrogen-bond donors (Lipinski definition) is 1. The minimum atomic E-state index is -0.527. The molecule has 1 saturated heterocycles. The van der Waals surface area contributed by atoms with Crippen molar-refractivity contribution in [2.24, 2.45) is 0 Å². The van der Waals surface area contributed by atoms with E-state index in [2.05, 4.69) is 20.3 Å². The summed E-state index contributed by atoms with van der Waals surface area (Å²) < 4.78 is 4.52. The maximum atomic E-state index is 11.2. The largest absolute Gasteiger partial charge is 0.464 e. The van der Waals surface area contributed by atoms with Gasteiger partial charge in [0, 0.05) is 13.1 Å². The average Bonchev–Trinajstić information content (AvgIpc) is 2.38. The third-order valence-electron chi connectivity index (χ3n) is 2.41. The molecule has 2 heterocycles. The lowest BCUT2D eigenvalue weighted by Gasteiger charge is -2.26. The number of amides is 1. The standard InChI is InChI=1S/C10H12N4O3/c1-17-10(16)7-2-3-8(13-12-7)14-5-4-11-9(15)6-14/h2-3H,4-6H2,1H3,(H,11,15). The van der Waals surface area contributed by atoms with Gasteiger partial charge in [0.25, 0.3) is 0 Å². The van der Waals surface area contributed by atoms with Gasteiger partial charge in [-0.05, 0) is 12.1 Å². The molecular weight excluding hydrogens is 224 g/mol. The fourth-order valence-corrected chi connectivity index (χ4v) is 1.54. The van der Waals surface area contributed by atoms with Crippen molar-refractivity contribution in [3.05, 3.63) is 17.8 Å². The van der Waals surface area contributed by atoms with Crippen LogP contribution < -0.4 is 10.2 Å². The third-order valence-corrected chi connectivity index (χ3v) is 2.41. The number of carbonyl (C=O) groups excluding carboxylic acids is 2. The van der Waals surface area contributed by atoms with Gasteiger partial charge in [-0.1, -0.05) is 0 Å². The van der Waals surface area contributed by atoms with Gasteiger partial charge in [-0.2, -0.15) is 0 Å². The number of hydrogen-bond acceptors (Lipinski definition) is 6. The molecule has 2 rings (SSSR count). The molecule has 1 aliphatic rings. The van der Waals surface area contributed by atoms with Crippen molar-refractivity contribution in [3.63, 3.8) is 0 Å². The zero-order chi connectivity index (χ0) is 12.3. The topological polar surface area (TPSA) is 84.4 Å². The molecule has 1 aliphatic heterocycles. The summed E-state index contributed by atoms with van der Waals surface area (Å²) in [6.45, 7) is 1.52. The highest BCUT2D eigenvalue weighted by Gasteiger charge is 2.18. The van der Waals surface area contributed by atoms with Crippen molar-refractivity contribution >= 4 is 17.7 Å². The van der Waals surface area contributed by atoms with E-state index in [0.717, 1.165) is 0 Å². The van der Waals surface area contributed by atoms with Crippen LogP contribution in [-0.4, -0.2) is 48.8 Å². The second-order valence-corrected chi connectivity index (χ2v) is 3.54. The number of aromatic nitrogens is 2. The molecule has 90 valence electrons. The Bertz CT molecular complexity index is 432. The van der Waals surface area contributed by atoms with Crippen LogP contribution in [0.5, 0.6) is 0 Å². The molecule has 0 unspecified atom stereocenters. The molecule has 0 aliphatic carbocycles. The van der Waals surface area contributed by atoms with Crippen LogP contribution in [0.25, 0.3) is 0 Å². The highest BCUT2D eigenvalue weighted by atomic mass is 16.5. The monoisotopic (exact) mass is 236 g/mol. The molecule has 7 heteroatoms. The molecule has 0 aromatic carbocycles. The summed E-state index contributed by atoms with van der Waals surface area (Å²) in [6, 6.07) is 3.18. The Morgan fingerprint density at radius 3 is 2.88 bits per heavy atom. The van der Waals surface area contributed by atoms with Gasteiger partial charge in [-0.25, -0.2) is 4.79 Å². The molecule has 0 saturated carbocycles. The number of esters is 1. The lowest BCUT2D eigenvalue weighted by molar-refractivity contribution is -0.120. The summed E-state index contributed by atoms with van der Waals surface area (Å²) in [4.78, 5) is 24.1. The van der Waals surface area contributed by atoms with Crippen molar-refractivity contribution in [1.82, 2.24) is 15.5 Å². The Hall–Kier alpha value is -2.18. The maximum absolute atomic E-state index is 11.2. The predicted octanol–water partition coefficient (Wildman–Crippen LogP) is -0.801. The van der Waals surface area contributed by atoms with Crippen LogP contribution in [0.1, 0.15) is 10.5 Å². The summed E-state index contributed by atoms with van der Waals surface area (Å²) in [5.74, 6) is 0.00281. The number of methoxy groups -OCH3 is 1. The van der Waals surface area contributed by atoms with Crippen LogP contribution in [0.4, 0.5) is 5.82 Å². The summed E-state index contributed by atoms with van der Waals surface area (Å²) >= 11 is 0. The fraction of sp³-hybridized carbons (Fsp3) is 0.400. The minimum absolute atomic E-state index is 0.0462. The number of nitrogens with one attached hydrogen (secondary N) is 1. The van der Waals surface area contributed by atoms with E-state index in [1.165, 1.54) is 13.2 Å². The Morgan fingerprint density at radius 1 is 1.47 bits per heavy atom. The highest BCUT2D eigenvalue weighted by molar-refractivity contribution is 5.87. The van der Waals surface area contributed by atoms with E-state index >= 15 is 0 Å². The van der Waals surface area contributed by atoms with E-state index in [0.29, 0.717) is 18.9 Å². The maximum Gasteiger partial charge on any atom is 0.358 e. The first-order valence-corrected chi connectivity index (χ1v) is 5.14. The molecule has 1 fully saturated rings. The number of carbonyl (C=O) groups is 2. The molecule has 0 bridgehead atoms. The van der Waals surface area contributed by atoms with Gasteiger partial charge < -0.3 is 15.0 Å². The first-order valence-electron chi connectivity index (χ1n) is 5.14. The Balaban J connectivity index is 2.12. The summed E-state index contributed by atoms with van der Waals surface area (Å²) in [5.41, 5.74) is 0.151. The fourth-order valence-electron chi connectivity index (χ4n) is 1.54. The minimum Gasteiger partial charge on any atom is -0.464 e.